The molecular formula is C18H25Cl3SiTi. The quantitative estimate of drug-likeness (QED) is 0.345. The Balaban J connectivity index is -0.000001000. The fourth-order valence-corrected chi connectivity index (χ4v) is 3.83. The Labute approximate surface area is 176 Å². The molecule has 1 aromatic carbocycles. The third-order valence-corrected chi connectivity index (χ3v) is 6.19. The van der Waals surface area contributed by atoms with E-state index in [1.165, 1.54) is 33.0 Å². The first-order valence-corrected chi connectivity index (χ1v) is 10.7. The van der Waals surface area contributed by atoms with E-state index in [2.05, 4.69) is 64.7 Å². The Hall–Kier alpha value is 0.501. The van der Waals surface area contributed by atoms with Crippen LogP contribution in [0.1, 0.15) is 28.7 Å². The van der Waals surface area contributed by atoms with Crippen molar-refractivity contribution in [3.8, 4) is 0 Å². The monoisotopic (exact) mass is 422 g/mol. The summed E-state index contributed by atoms with van der Waals surface area (Å²) in [5, 5.41) is 1.50. The third kappa shape index (κ3) is 7.10. The first-order chi connectivity index (χ1) is 8.79. The van der Waals surface area contributed by atoms with Crippen molar-refractivity contribution in [1.29, 1.82) is 0 Å². The summed E-state index contributed by atoms with van der Waals surface area (Å²) in [6.45, 7) is 13.9. The van der Waals surface area contributed by atoms with Crippen LogP contribution in [0.2, 0.25) is 19.6 Å². The van der Waals surface area contributed by atoms with Crippen LogP contribution in [-0.2, 0) is 28.1 Å². The Morgan fingerprint density at radius 3 is 2.00 bits per heavy atom. The van der Waals surface area contributed by atoms with Crippen molar-refractivity contribution in [3.63, 3.8) is 0 Å². The van der Waals surface area contributed by atoms with Gasteiger partial charge in [0.25, 0.3) is 0 Å². The largest absolute Gasteiger partial charge is 4.00 e. The van der Waals surface area contributed by atoms with E-state index in [-0.39, 0.29) is 58.9 Å². The van der Waals surface area contributed by atoms with Crippen molar-refractivity contribution in [3.05, 3.63) is 57.3 Å². The van der Waals surface area contributed by atoms with Gasteiger partial charge < -0.3 is 37.2 Å². The van der Waals surface area contributed by atoms with Crippen molar-refractivity contribution in [2.45, 2.75) is 53.3 Å². The van der Waals surface area contributed by atoms with E-state index < -0.39 is 8.07 Å². The summed E-state index contributed by atoms with van der Waals surface area (Å²) in [5.74, 6) is 0. The summed E-state index contributed by atoms with van der Waals surface area (Å²) < 4.78 is 0. The van der Waals surface area contributed by atoms with Crippen molar-refractivity contribution in [1.82, 2.24) is 0 Å². The molecule has 0 N–H and O–H groups in total. The van der Waals surface area contributed by atoms with Gasteiger partial charge in [-0.15, -0.1) is 0 Å². The van der Waals surface area contributed by atoms with E-state index in [4.69, 9.17) is 0 Å². The van der Waals surface area contributed by atoms with Gasteiger partial charge in [-0.3, -0.25) is 6.08 Å². The number of hydrogen-bond donors (Lipinski definition) is 0. The summed E-state index contributed by atoms with van der Waals surface area (Å²) in [5.41, 5.74) is 7.22. The van der Waals surface area contributed by atoms with Crippen molar-refractivity contribution < 1.29 is 58.9 Å². The van der Waals surface area contributed by atoms with Crippen LogP contribution in [0.5, 0.6) is 0 Å². The normalized spacial score (nSPS) is 12.8. The number of benzene rings is 1. The van der Waals surface area contributed by atoms with Crippen LogP contribution in [-0.4, -0.2) is 8.07 Å². The SMILES string of the molecule is Cc1ccc(CC2=[C-]C([Si](C)(C)C)=CC2)c(C)c1C.[Cl-].[Cl-].[Cl-].[Ti+4]. The Morgan fingerprint density at radius 2 is 1.52 bits per heavy atom. The van der Waals surface area contributed by atoms with E-state index >= 15 is 0 Å². The predicted octanol–water partition coefficient (Wildman–Crippen LogP) is -3.90. The zero-order valence-electron chi connectivity index (χ0n) is 14.8. The molecule has 0 atom stereocenters. The van der Waals surface area contributed by atoms with Gasteiger partial charge in [0.2, 0.25) is 0 Å². The fourth-order valence-electron chi connectivity index (χ4n) is 2.56. The molecule has 0 spiro atoms. The summed E-state index contributed by atoms with van der Waals surface area (Å²) in [6.07, 6.45) is 8.25. The molecule has 0 saturated carbocycles. The van der Waals surface area contributed by atoms with Gasteiger partial charge in [0, 0.05) is 8.07 Å². The maximum absolute atomic E-state index is 3.68. The Kier molecular flexibility index (Phi) is 13.8. The summed E-state index contributed by atoms with van der Waals surface area (Å²) >= 11 is 0. The van der Waals surface area contributed by atoms with Crippen LogP contribution in [0.3, 0.4) is 0 Å². The smallest absolute Gasteiger partial charge is 1.00 e. The van der Waals surface area contributed by atoms with Crippen LogP contribution in [0.4, 0.5) is 0 Å². The summed E-state index contributed by atoms with van der Waals surface area (Å²) in [7, 11) is -1.19. The molecule has 0 aliphatic heterocycles. The average molecular weight is 424 g/mol. The first kappa shape index (κ1) is 28.3. The van der Waals surface area contributed by atoms with Crippen molar-refractivity contribution >= 4 is 8.07 Å². The number of allylic oxidation sites excluding steroid dienone is 4. The van der Waals surface area contributed by atoms with Gasteiger partial charge in [0.05, 0.1) is 0 Å². The molecular weight excluding hydrogens is 399 g/mol. The zero-order valence-corrected chi connectivity index (χ0v) is 19.6. The molecule has 0 heterocycles. The fraction of sp³-hybridized carbons (Fsp3) is 0.444. The second-order valence-corrected chi connectivity index (χ2v) is 11.8. The van der Waals surface area contributed by atoms with Gasteiger partial charge in [0.15, 0.2) is 0 Å². The standard InChI is InChI=1S/C18H25Si.3ClH.Ti/c1-13-7-9-17(15(3)14(13)2)11-16-8-10-18(12-16)19(4,5)6;;;;/h7,9-10H,8,11H2,1-6H3;3*1H;/q-1;;;;+4/p-3. The Morgan fingerprint density at radius 1 is 0.957 bits per heavy atom. The van der Waals surface area contributed by atoms with E-state index in [0.717, 1.165) is 12.8 Å². The molecule has 0 aromatic heterocycles. The van der Waals surface area contributed by atoms with Crippen LogP contribution in [0.15, 0.2) is 29.0 Å². The van der Waals surface area contributed by atoms with Crippen LogP contribution in [0, 0.1) is 26.8 Å². The molecule has 0 fully saturated rings. The molecule has 126 valence electrons. The van der Waals surface area contributed by atoms with Crippen molar-refractivity contribution in [2.75, 3.05) is 0 Å². The van der Waals surface area contributed by atoms with E-state index in [1.54, 1.807) is 0 Å². The predicted molar refractivity (Wildman–Crippen MR) is 87.2 cm³/mol. The minimum absolute atomic E-state index is 0. The molecule has 1 aromatic rings. The molecule has 0 bridgehead atoms. The average Bonchev–Trinajstić information content (AvgIpc) is 2.78. The minimum atomic E-state index is -1.19. The van der Waals surface area contributed by atoms with Gasteiger partial charge in [-0.2, -0.15) is 5.57 Å². The van der Waals surface area contributed by atoms with Gasteiger partial charge in [-0.1, -0.05) is 38.2 Å². The summed E-state index contributed by atoms with van der Waals surface area (Å²) in [4.78, 5) is 0. The molecule has 23 heavy (non-hydrogen) atoms. The molecule has 0 radical (unpaired) electrons. The van der Waals surface area contributed by atoms with Crippen LogP contribution in [0.25, 0.3) is 0 Å². The molecule has 0 nitrogen and oxygen atoms in total. The molecule has 1 aliphatic carbocycles. The molecule has 0 unspecified atom stereocenters. The number of hydrogen-bond acceptors (Lipinski definition) is 0. The van der Waals surface area contributed by atoms with Gasteiger partial charge in [-0.25, -0.2) is 11.3 Å². The maximum atomic E-state index is 3.68. The second kappa shape index (κ2) is 11.2. The first-order valence-electron chi connectivity index (χ1n) is 7.17. The Bertz CT molecular complexity index is 572. The molecule has 2 rings (SSSR count). The molecule has 1 aliphatic rings. The topological polar surface area (TPSA) is 0 Å². The molecule has 0 saturated heterocycles. The van der Waals surface area contributed by atoms with Gasteiger partial charge >= 0.3 is 21.7 Å². The van der Waals surface area contributed by atoms with E-state index in [1.807, 2.05) is 0 Å². The van der Waals surface area contributed by atoms with E-state index in [0.29, 0.717) is 0 Å². The van der Waals surface area contributed by atoms with Crippen molar-refractivity contribution in [2.24, 2.45) is 0 Å². The van der Waals surface area contributed by atoms with E-state index in [9.17, 15) is 0 Å². The van der Waals surface area contributed by atoms with Gasteiger partial charge in [0.1, 0.15) is 0 Å². The van der Waals surface area contributed by atoms with Crippen LogP contribution >= 0.6 is 0 Å². The number of halogens is 3. The summed E-state index contributed by atoms with van der Waals surface area (Å²) in [6, 6.07) is 4.54. The third-order valence-electron chi connectivity index (χ3n) is 4.25. The number of aryl methyl sites for hydroxylation is 1. The zero-order chi connectivity index (χ0) is 14.2. The molecule has 0 amide bonds. The second-order valence-electron chi connectivity index (χ2n) is 6.77. The van der Waals surface area contributed by atoms with Crippen LogP contribution < -0.4 is 37.2 Å². The maximum Gasteiger partial charge on any atom is 4.00 e. The minimum Gasteiger partial charge on any atom is -1.00 e. The number of rotatable bonds is 3. The molecule has 5 heteroatoms. The van der Waals surface area contributed by atoms with Gasteiger partial charge in [-0.05, 0) is 49.4 Å².